The number of nitrogens with zero attached hydrogens (tertiary/aromatic N) is 3. The highest BCUT2D eigenvalue weighted by molar-refractivity contribution is 7.91. The van der Waals surface area contributed by atoms with Gasteiger partial charge in [-0.3, -0.25) is 4.79 Å². The average molecular weight is 508 g/mol. The van der Waals surface area contributed by atoms with Gasteiger partial charge >= 0.3 is 0 Å². The molecule has 0 spiro atoms. The van der Waals surface area contributed by atoms with Crippen molar-refractivity contribution in [2.45, 2.75) is 49.4 Å². The molecule has 1 fully saturated rings. The van der Waals surface area contributed by atoms with Gasteiger partial charge in [-0.2, -0.15) is 9.30 Å². The molecule has 1 aliphatic heterocycles. The van der Waals surface area contributed by atoms with E-state index in [1.54, 1.807) is 6.07 Å². The third-order valence-corrected chi connectivity index (χ3v) is 10.1. The van der Waals surface area contributed by atoms with Crippen molar-refractivity contribution in [3.8, 4) is 12.3 Å². The molecule has 2 aromatic heterocycles. The summed E-state index contributed by atoms with van der Waals surface area (Å²) < 4.78 is 30.7. The van der Waals surface area contributed by atoms with E-state index in [0.717, 1.165) is 21.6 Å². The van der Waals surface area contributed by atoms with Gasteiger partial charge in [-0.15, -0.1) is 17.8 Å². The van der Waals surface area contributed by atoms with E-state index in [1.165, 1.54) is 27.3 Å². The molecule has 1 aliphatic rings. The molecule has 0 aliphatic carbocycles. The number of fused-ring (bicyclic) bond motifs is 1. The van der Waals surface area contributed by atoms with Crippen LogP contribution in [0.15, 0.2) is 39.5 Å². The zero-order chi connectivity index (χ0) is 23.0. The van der Waals surface area contributed by atoms with Crippen molar-refractivity contribution in [2.24, 2.45) is 4.99 Å². The number of carbonyl (C=O) groups is 1. The minimum Gasteiger partial charge on any atom is -0.305 e. The minimum absolute atomic E-state index is 0.132. The van der Waals surface area contributed by atoms with Gasteiger partial charge in [0.2, 0.25) is 0 Å². The number of halogens is 1. The number of thiophene rings is 1. The summed E-state index contributed by atoms with van der Waals surface area (Å²) >= 11 is 8.30. The van der Waals surface area contributed by atoms with Crippen LogP contribution in [0, 0.1) is 12.3 Å². The topological polar surface area (TPSA) is 71.7 Å². The van der Waals surface area contributed by atoms with Gasteiger partial charge in [0.15, 0.2) is 4.80 Å². The van der Waals surface area contributed by atoms with E-state index >= 15 is 0 Å². The first kappa shape index (κ1) is 23.2. The summed E-state index contributed by atoms with van der Waals surface area (Å²) in [5.41, 5.74) is 2.10. The summed E-state index contributed by atoms with van der Waals surface area (Å²) in [5, 5.41) is 0. The van der Waals surface area contributed by atoms with E-state index in [0.29, 0.717) is 27.9 Å². The molecule has 4 rings (SSSR count). The fraction of sp³-hybridized carbons (Fsp3) is 0.364. The Bertz CT molecular complexity index is 1390. The summed E-state index contributed by atoms with van der Waals surface area (Å²) in [6.07, 6.45) is 6.59. The zero-order valence-electron chi connectivity index (χ0n) is 17.6. The van der Waals surface area contributed by atoms with E-state index < -0.39 is 22.0 Å². The average Bonchev–Trinajstić information content (AvgIpc) is 3.47. The zero-order valence-corrected chi connectivity index (χ0v) is 20.8. The number of carbonyl (C=O) groups excluding carboxylic acids is 1. The van der Waals surface area contributed by atoms with Crippen molar-refractivity contribution >= 4 is 60.4 Å². The molecule has 3 heterocycles. The summed E-state index contributed by atoms with van der Waals surface area (Å²) in [6, 6.07) is 8.32. The van der Waals surface area contributed by atoms with Crippen LogP contribution in [0.2, 0.25) is 4.34 Å². The number of benzene rings is 1. The van der Waals surface area contributed by atoms with Crippen molar-refractivity contribution in [1.29, 1.82) is 0 Å². The Labute approximate surface area is 200 Å². The lowest BCUT2D eigenvalue weighted by Gasteiger charge is -2.20. The molecule has 32 heavy (non-hydrogen) atoms. The number of aromatic nitrogens is 1. The first-order valence-electron chi connectivity index (χ1n) is 10.1. The molecule has 1 amide bonds. The van der Waals surface area contributed by atoms with Crippen molar-refractivity contribution in [1.82, 2.24) is 8.87 Å². The Hall–Kier alpha value is -1.96. The monoisotopic (exact) mass is 507 g/mol. The predicted molar refractivity (Wildman–Crippen MR) is 130 cm³/mol. The molecule has 3 aromatic rings. The van der Waals surface area contributed by atoms with Gasteiger partial charge in [0, 0.05) is 6.54 Å². The Morgan fingerprint density at radius 1 is 1.31 bits per heavy atom. The first-order chi connectivity index (χ1) is 15.2. The largest absolute Gasteiger partial charge is 0.305 e. The molecule has 10 heteroatoms. The second-order valence-corrected chi connectivity index (χ2v) is 12.7. The molecular weight excluding hydrogens is 486 g/mol. The number of terminal acetylenes is 1. The van der Waals surface area contributed by atoms with Crippen LogP contribution in [-0.4, -0.2) is 35.8 Å². The van der Waals surface area contributed by atoms with Crippen LogP contribution >= 0.6 is 34.3 Å². The van der Waals surface area contributed by atoms with Gasteiger partial charge in [0.05, 0.1) is 21.1 Å². The van der Waals surface area contributed by atoms with Gasteiger partial charge < -0.3 is 4.57 Å². The van der Waals surface area contributed by atoms with E-state index in [9.17, 15) is 13.2 Å². The molecule has 6 nitrogen and oxygen atoms in total. The number of amides is 1. The second-order valence-electron chi connectivity index (χ2n) is 7.84. The normalized spacial score (nSPS) is 18.0. The van der Waals surface area contributed by atoms with Gasteiger partial charge in [0.1, 0.15) is 10.3 Å². The SMILES string of the molecule is C#CCn1c(=NC(=O)C2CCCN2S(=O)(=O)c2ccc(Cl)s2)sc2cc(C(C)C)ccc21. The third kappa shape index (κ3) is 4.30. The molecular formula is C22H22ClN3O3S3. The molecule has 168 valence electrons. The number of sulfonamides is 1. The smallest absolute Gasteiger partial charge is 0.266 e. The molecule has 0 saturated carbocycles. The van der Waals surface area contributed by atoms with Crippen LogP contribution in [0.25, 0.3) is 10.2 Å². The van der Waals surface area contributed by atoms with Gasteiger partial charge in [0.25, 0.3) is 15.9 Å². The van der Waals surface area contributed by atoms with Crippen LogP contribution in [-0.2, 0) is 21.4 Å². The quantitative estimate of drug-likeness (QED) is 0.479. The number of hydrogen-bond acceptors (Lipinski definition) is 5. The van der Waals surface area contributed by atoms with Crippen molar-refractivity contribution in [3.63, 3.8) is 0 Å². The Kier molecular flexibility index (Phi) is 6.61. The van der Waals surface area contributed by atoms with Gasteiger partial charge in [-0.25, -0.2) is 8.42 Å². The predicted octanol–water partition coefficient (Wildman–Crippen LogP) is 4.45. The lowest BCUT2D eigenvalue weighted by atomic mass is 10.0. The molecule has 1 saturated heterocycles. The van der Waals surface area contributed by atoms with Crippen LogP contribution < -0.4 is 4.80 Å². The van der Waals surface area contributed by atoms with Crippen LogP contribution in [0.4, 0.5) is 0 Å². The van der Waals surface area contributed by atoms with E-state index in [4.69, 9.17) is 18.0 Å². The van der Waals surface area contributed by atoms with Crippen LogP contribution in [0.1, 0.15) is 38.2 Å². The molecule has 0 N–H and O–H groups in total. The standard InChI is InChI=1S/C22H22ClN3O3S3/c1-4-11-25-16-8-7-15(14(2)3)13-18(16)30-22(25)24-21(27)17-6-5-12-26(17)32(28,29)20-10-9-19(23)31-20/h1,7-10,13-14,17H,5-6,11-12H2,2-3H3. The lowest BCUT2D eigenvalue weighted by Crippen LogP contribution is -2.40. The highest BCUT2D eigenvalue weighted by Crippen LogP contribution is 2.32. The van der Waals surface area contributed by atoms with E-state index in [2.05, 4.69) is 36.9 Å². The van der Waals surface area contributed by atoms with E-state index in [1.807, 2.05) is 10.6 Å². The Morgan fingerprint density at radius 2 is 2.09 bits per heavy atom. The molecule has 1 unspecified atom stereocenters. The van der Waals surface area contributed by atoms with Crippen molar-refractivity contribution < 1.29 is 13.2 Å². The number of thiazole rings is 1. The van der Waals surface area contributed by atoms with Gasteiger partial charge in [-0.05, 0) is 48.6 Å². The minimum atomic E-state index is -3.81. The summed E-state index contributed by atoms with van der Waals surface area (Å²) in [7, 11) is -3.81. The van der Waals surface area contributed by atoms with Crippen molar-refractivity contribution in [2.75, 3.05) is 6.54 Å². The highest BCUT2D eigenvalue weighted by Gasteiger charge is 2.40. The summed E-state index contributed by atoms with van der Waals surface area (Å²) in [4.78, 5) is 18.0. The Balaban J connectivity index is 1.74. The second kappa shape index (κ2) is 9.12. The highest BCUT2D eigenvalue weighted by atomic mass is 35.5. The van der Waals surface area contributed by atoms with Crippen molar-refractivity contribution in [3.05, 3.63) is 45.0 Å². The van der Waals surface area contributed by atoms with Crippen LogP contribution in [0.5, 0.6) is 0 Å². The van der Waals surface area contributed by atoms with E-state index in [-0.39, 0.29) is 17.3 Å². The van der Waals surface area contributed by atoms with Gasteiger partial charge in [-0.1, -0.05) is 48.8 Å². The molecule has 0 bridgehead atoms. The number of hydrogen-bond donors (Lipinski definition) is 0. The fourth-order valence-corrected chi connectivity index (χ4v) is 8.12. The molecule has 1 atom stereocenters. The lowest BCUT2D eigenvalue weighted by molar-refractivity contribution is -0.121. The molecule has 0 radical (unpaired) electrons. The Morgan fingerprint density at radius 3 is 2.75 bits per heavy atom. The van der Waals surface area contributed by atoms with Crippen LogP contribution in [0.3, 0.4) is 0 Å². The third-order valence-electron chi connectivity index (χ3n) is 5.43. The molecule has 1 aromatic carbocycles. The number of rotatable bonds is 5. The summed E-state index contributed by atoms with van der Waals surface area (Å²) in [6.45, 7) is 4.79. The maximum Gasteiger partial charge on any atom is 0.266 e. The maximum atomic E-state index is 13.2. The summed E-state index contributed by atoms with van der Waals surface area (Å²) in [5.74, 6) is 2.51. The fourth-order valence-electron chi connectivity index (χ4n) is 3.77. The maximum absolute atomic E-state index is 13.2. The first-order valence-corrected chi connectivity index (χ1v) is 13.6.